The number of hydrogen-bond acceptors (Lipinski definition) is 4. The number of methoxy groups -OCH3 is 1. The van der Waals surface area contributed by atoms with E-state index in [0.717, 1.165) is 27.0 Å². The van der Waals surface area contributed by atoms with Crippen LogP contribution in [0, 0.1) is 13.8 Å². The maximum atomic E-state index is 13.2. The van der Waals surface area contributed by atoms with Gasteiger partial charge in [-0.25, -0.2) is 9.48 Å². The second-order valence-electron chi connectivity index (χ2n) is 9.74. The number of nitrogens with zero attached hydrogens (tertiary/aromatic N) is 3. The monoisotopic (exact) mass is 555 g/mol. The van der Waals surface area contributed by atoms with Crippen molar-refractivity contribution in [3.05, 3.63) is 69.8 Å². The first-order valence-electron chi connectivity index (χ1n) is 11.8. The van der Waals surface area contributed by atoms with Crippen molar-refractivity contribution in [2.24, 2.45) is 0 Å². The molecule has 3 amide bonds. The van der Waals surface area contributed by atoms with E-state index in [0.29, 0.717) is 18.1 Å². The van der Waals surface area contributed by atoms with Crippen LogP contribution in [0.15, 0.2) is 53.0 Å². The molecular formula is C27H34BrN5O3. The lowest BCUT2D eigenvalue weighted by molar-refractivity contribution is -0.116. The summed E-state index contributed by atoms with van der Waals surface area (Å²) < 4.78 is 7.67. The molecule has 0 saturated carbocycles. The lowest BCUT2D eigenvalue weighted by Crippen LogP contribution is -2.42. The van der Waals surface area contributed by atoms with Gasteiger partial charge in [-0.05, 0) is 53.5 Å². The maximum absolute atomic E-state index is 13.2. The molecule has 0 bridgehead atoms. The molecule has 8 nitrogen and oxygen atoms in total. The number of hydrogen-bond donors (Lipinski definition) is 2. The fourth-order valence-electron chi connectivity index (χ4n) is 3.63. The summed E-state index contributed by atoms with van der Waals surface area (Å²) in [7, 11) is 1.56. The molecule has 0 saturated heterocycles. The molecular weight excluding hydrogens is 522 g/mol. The van der Waals surface area contributed by atoms with Gasteiger partial charge >= 0.3 is 6.03 Å². The Morgan fingerprint density at radius 2 is 1.81 bits per heavy atom. The number of carbonyl (C=O) groups is 2. The average Bonchev–Trinajstić information content (AvgIpc) is 3.22. The van der Waals surface area contributed by atoms with Gasteiger partial charge in [0, 0.05) is 29.6 Å². The number of amides is 3. The average molecular weight is 557 g/mol. The van der Waals surface area contributed by atoms with Gasteiger partial charge in [-0.2, -0.15) is 5.10 Å². The molecule has 9 heteroatoms. The number of urea groups is 1. The molecule has 0 atom stereocenters. The number of aromatic nitrogens is 2. The third-order valence-corrected chi connectivity index (χ3v) is 6.32. The normalized spacial score (nSPS) is 11.3. The second kappa shape index (κ2) is 11.7. The summed E-state index contributed by atoms with van der Waals surface area (Å²) in [5.74, 6) is 0.217. The van der Waals surface area contributed by atoms with E-state index < -0.39 is 6.03 Å². The predicted molar refractivity (Wildman–Crippen MR) is 147 cm³/mol. The molecule has 0 radical (unpaired) electrons. The first-order valence-corrected chi connectivity index (χ1v) is 12.6. The van der Waals surface area contributed by atoms with E-state index in [4.69, 9.17) is 9.84 Å². The zero-order valence-electron chi connectivity index (χ0n) is 21.7. The van der Waals surface area contributed by atoms with Gasteiger partial charge in [0.05, 0.1) is 23.7 Å². The standard InChI is InChI=1S/C27H34BrN5O3/c1-18-11-12-22(19(2)15-18)33-24(16-23(31-33)27(3,4)5)30-25(34)17-32(13-14-36-6)26(35)29-21-10-8-7-9-20(21)28/h7-12,15-16H,13-14,17H2,1-6H3,(H,29,35)(H,30,34). The molecule has 0 aliphatic rings. The largest absolute Gasteiger partial charge is 0.383 e. The van der Waals surface area contributed by atoms with Gasteiger partial charge in [0.2, 0.25) is 5.91 Å². The van der Waals surface area contributed by atoms with Crippen molar-refractivity contribution in [2.75, 3.05) is 37.4 Å². The number of nitrogens with one attached hydrogen (secondary N) is 2. The zero-order chi connectivity index (χ0) is 26.5. The van der Waals surface area contributed by atoms with Gasteiger partial charge < -0.3 is 20.3 Å². The Morgan fingerprint density at radius 3 is 2.44 bits per heavy atom. The van der Waals surface area contributed by atoms with E-state index >= 15 is 0 Å². The molecule has 192 valence electrons. The van der Waals surface area contributed by atoms with E-state index in [2.05, 4.69) is 53.4 Å². The van der Waals surface area contributed by atoms with Crippen LogP contribution < -0.4 is 10.6 Å². The van der Waals surface area contributed by atoms with Crippen LogP contribution in [0.3, 0.4) is 0 Å². The molecule has 1 aromatic heterocycles. The van der Waals surface area contributed by atoms with E-state index in [-0.39, 0.29) is 24.4 Å². The minimum Gasteiger partial charge on any atom is -0.383 e. The van der Waals surface area contributed by atoms with Crippen molar-refractivity contribution in [3.8, 4) is 5.69 Å². The van der Waals surface area contributed by atoms with Crippen LogP contribution in [-0.2, 0) is 14.9 Å². The Balaban J connectivity index is 1.84. The van der Waals surface area contributed by atoms with Crippen LogP contribution in [0.5, 0.6) is 0 Å². The van der Waals surface area contributed by atoms with E-state index in [9.17, 15) is 9.59 Å². The lowest BCUT2D eigenvalue weighted by Gasteiger charge is -2.23. The highest BCUT2D eigenvalue weighted by Crippen LogP contribution is 2.28. The number of para-hydroxylation sites is 1. The number of carbonyl (C=O) groups excluding carboxylic acids is 2. The van der Waals surface area contributed by atoms with Crippen molar-refractivity contribution in [1.29, 1.82) is 0 Å². The summed E-state index contributed by atoms with van der Waals surface area (Å²) in [4.78, 5) is 27.6. The SMILES string of the molecule is COCCN(CC(=O)Nc1cc(C(C)(C)C)nn1-c1ccc(C)cc1C)C(=O)Nc1ccccc1Br. The van der Waals surface area contributed by atoms with Crippen LogP contribution in [0.1, 0.15) is 37.6 Å². The van der Waals surface area contributed by atoms with Crippen molar-refractivity contribution in [1.82, 2.24) is 14.7 Å². The van der Waals surface area contributed by atoms with Crippen LogP contribution in [0.4, 0.5) is 16.3 Å². The summed E-state index contributed by atoms with van der Waals surface area (Å²) in [6.45, 7) is 10.7. The van der Waals surface area contributed by atoms with Crippen molar-refractivity contribution >= 4 is 39.4 Å². The molecule has 0 spiro atoms. The minimum absolute atomic E-state index is 0.150. The highest BCUT2D eigenvalue weighted by molar-refractivity contribution is 9.10. The van der Waals surface area contributed by atoms with Crippen molar-refractivity contribution < 1.29 is 14.3 Å². The summed E-state index contributed by atoms with van der Waals surface area (Å²) >= 11 is 3.43. The maximum Gasteiger partial charge on any atom is 0.322 e. The van der Waals surface area contributed by atoms with Gasteiger partial charge in [0.1, 0.15) is 12.4 Å². The number of anilines is 2. The fraction of sp³-hybridized carbons (Fsp3) is 0.370. The Labute approximate surface area is 221 Å². The van der Waals surface area contributed by atoms with E-state index in [1.165, 1.54) is 4.90 Å². The summed E-state index contributed by atoms with van der Waals surface area (Å²) in [6, 6.07) is 14.9. The number of halogens is 1. The third-order valence-electron chi connectivity index (χ3n) is 5.63. The molecule has 0 fully saturated rings. The summed E-state index contributed by atoms with van der Waals surface area (Å²) in [5.41, 5.74) is 4.33. The smallest absolute Gasteiger partial charge is 0.322 e. The summed E-state index contributed by atoms with van der Waals surface area (Å²) in [6.07, 6.45) is 0. The van der Waals surface area contributed by atoms with Crippen molar-refractivity contribution in [3.63, 3.8) is 0 Å². The molecule has 0 aliphatic carbocycles. The van der Waals surface area contributed by atoms with Crippen LogP contribution in [0.2, 0.25) is 0 Å². The van der Waals surface area contributed by atoms with E-state index in [1.54, 1.807) is 17.9 Å². The van der Waals surface area contributed by atoms with Crippen LogP contribution in [0.25, 0.3) is 5.69 Å². The highest BCUT2D eigenvalue weighted by Gasteiger charge is 2.24. The molecule has 2 N–H and O–H groups in total. The van der Waals surface area contributed by atoms with Gasteiger partial charge in [0.15, 0.2) is 0 Å². The highest BCUT2D eigenvalue weighted by atomic mass is 79.9. The molecule has 2 aromatic carbocycles. The Morgan fingerprint density at radius 1 is 1.08 bits per heavy atom. The third kappa shape index (κ3) is 6.95. The first kappa shape index (κ1) is 27.4. The van der Waals surface area contributed by atoms with Crippen LogP contribution in [-0.4, -0.2) is 53.4 Å². The van der Waals surface area contributed by atoms with Gasteiger partial charge in [-0.15, -0.1) is 0 Å². The molecule has 1 heterocycles. The number of rotatable bonds is 8. The molecule has 3 rings (SSSR count). The van der Waals surface area contributed by atoms with Crippen LogP contribution >= 0.6 is 15.9 Å². The fourth-order valence-corrected chi connectivity index (χ4v) is 4.01. The second-order valence-corrected chi connectivity index (χ2v) is 10.6. The number of benzene rings is 2. The molecule has 0 unspecified atom stereocenters. The van der Waals surface area contributed by atoms with Gasteiger partial charge in [-0.3, -0.25) is 4.79 Å². The quantitative estimate of drug-likeness (QED) is 0.375. The minimum atomic E-state index is -0.396. The lowest BCUT2D eigenvalue weighted by atomic mass is 9.92. The molecule has 3 aromatic rings. The Hall–Kier alpha value is -3.17. The first-order chi connectivity index (χ1) is 17.0. The number of aryl methyl sites for hydroxylation is 2. The van der Waals surface area contributed by atoms with E-state index in [1.807, 2.05) is 50.2 Å². The summed E-state index contributed by atoms with van der Waals surface area (Å²) in [5, 5.41) is 10.6. The van der Waals surface area contributed by atoms with Gasteiger partial charge in [0.25, 0.3) is 0 Å². The zero-order valence-corrected chi connectivity index (χ0v) is 23.3. The molecule has 36 heavy (non-hydrogen) atoms. The van der Waals surface area contributed by atoms with Crippen molar-refractivity contribution in [2.45, 2.75) is 40.0 Å². The molecule has 0 aliphatic heterocycles. The number of ether oxygens (including phenoxy) is 1. The Kier molecular flexibility index (Phi) is 8.92. The predicted octanol–water partition coefficient (Wildman–Crippen LogP) is 5.67. The Bertz CT molecular complexity index is 1230. The van der Waals surface area contributed by atoms with Gasteiger partial charge in [-0.1, -0.05) is 50.6 Å². The topological polar surface area (TPSA) is 88.5 Å².